The summed E-state index contributed by atoms with van der Waals surface area (Å²) in [6, 6.07) is 9.23. The Morgan fingerprint density at radius 2 is 2.00 bits per heavy atom. The molecule has 0 radical (unpaired) electrons. The quantitative estimate of drug-likeness (QED) is 0.905. The number of thiazole rings is 1. The summed E-state index contributed by atoms with van der Waals surface area (Å²) >= 11 is 0.585. The largest absolute Gasteiger partial charge is 0.489 e. The fourth-order valence-electron chi connectivity index (χ4n) is 1.49. The SMILES string of the molecule is CC(CNc1ncc(C(F)(F)F)s1)Oc1ccccc1. The third-order valence-corrected chi connectivity index (χ3v) is 3.41. The van der Waals surface area contributed by atoms with Crippen LogP contribution in [0.5, 0.6) is 5.75 Å². The average Bonchev–Trinajstić information content (AvgIpc) is 2.86. The van der Waals surface area contributed by atoms with Crippen molar-refractivity contribution in [1.82, 2.24) is 4.98 Å². The topological polar surface area (TPSA) is 34.2 Å². The first kappa shape index (κ1) is 14.6. The number of nitrogens with one attached hydrogen (secondary N) is 1. The molecule has 2 aromatic rings. The van der Waals surface area contributed by atoms with E-state index in [2.05, 4.69) is 10.3 Å². The van der Waals surface area contributed by atoms with E-state index in [1.54, 1.807) is 0 Å². The minimum atomic E-state index is -4.34. The molecule has 2 rings (SSSR count). The number of alkyl halides is 3. The first-order valence-corrected chi connectivity index (χ1v) is 6.75. The van der Waals surface area contributed by atoms with Crippen molar-refractivity contribution < 1.29 is 17.9 Å². The van der Waals surface area contributed by atoms with Crippen LogP contribution in [0, 0.1) is 0 Å². The lowest BCUT2D eigenvalue weighted by atomic mass is 10.3. The highest BCUT2D eigenvalue weighted by atomic mass is 32.1. The molecule has 0 bridgehead atoms. The first-order valence-electron chi connectivity index (χ1n) is 5.94. The minimum Gasteiger partial charge on any atom is -0.489 e. The van der Waals surface area contributed by atoms with Crippen molar-refractivity contribution in [3.63, 3.8) is 0 Å². The summed E-state index contributed by atoms with van der Waals surface area (Å²) in [5, 5.41) is 3.08. The summed E-state index contributed by atoms with van der Waals surface area (Å²) in [6.45, 7) is 2.21. The van der Waals surface area contributed by atoms with E-state index in [9.17, 15) is 13.2 Å². The van der Waals surface area contributed by atoms with Crippen LogP contribution in [0.25, 0.3) is 0 Å². The molecule has 1 heterocycles. The molecular weight excluding hydrogens is 289 g/mol. The zero-order valence-corrected chi connectivity index (χ0v) is 11.5. The normalized spacial score (nSPS) is 13.0. The van der Waals surface area contributed by atoms with Gasteiger partial charge < -0.3 is 10.1 Å². The second-order valence-corrected chi connectivity index (χ2v) is 5.18. The van der Waals surface area contributed by atoms with E-state index in [-0.39, 0.29) is 11.2 Å². The fraction of sp³-hybridized carbons (Fsp3) is 0.308. The molecule has 0 aliphatic rings. The van der Waals surface area contributed by atoms with Gasteiger partial charge in [-0.2, -0.15) is 13.2 Å². The van der Waals surface area contributed by atoms with E-state index in [1.165, 1.54) is 0 Å². The molecule has 1 aromatic heterocycles. The van der Waals surface area contributed by atoms with Crippen LogP contribution in [-0.2, 0) is 6.18 Å². The van der Waals surface area contributed by atoms with Crippen LogP contribution in [0.1, 0.15) is 11.8 Å². The van der Waals surface area contributed by atoms with E-state index in [4.69, 9.17) is 4.74 Å². The van der Waals surface area contributed by atoms with Crippen LogP contribution >= 0.6 is 11.3 Å². The van der Waals surface area contributed by atoms with E-state index >= 15 is 0 Å². The maximum absolute atomic E-state index is 12.4. The van der Waals surface area contributed by atoms with Crippen molar-refractivity contribution in [2.24, 2.45) is 0 Å². The highest BCUT2D eigenvalue weighted by Crippen LogP contribution is 2.34. The molecule has 0 amide bonds. The number of para-hydroxylation sites is 1. The minimum absolute atomic E-state index is 0.185. The number of aromatic nitrogens is 1. The highest BCUT2D eigenvalue weighted by molar-refractivity contribution is 7.15. The predicted octanol–water partition coefficient (Wildman–Crippen LogP) is 4.04. The Bertz CT molecular complexity index is 542. The molecule has 7 heteroatoms. The summed E-state index contributed by atoms with van der Waals surface area (Å²) in [5.41, 5.74) is 0. The summed E-state index contributed by atoms with van der Waals surface area (Å²) in [6.07, 6.45) is -3.70. The Kier molecular flexibility index (Phi) is 4.49. The van der Waals surface area contributed by atoms with Gasteiger partial charge in [0.1, 0.15) is 16.7 Å². The number of nitrogens with zero attached hydrogens (tertiary/aromatic N) is 1. The second-order valence-electron chi connectivity index (χ2n) is 4.15. The van der Waals surface area contributed by atoms with Crippen LogP contribution in [0.3, 0.4) is 0 Å². The van der Waals surface area contributed by atoms with Crippen molar-refractivity contribution in [2.45, 2.75) is 19.2 Å². The van der Waals surface area contributed by atoms with E-state index in [0.29, 0.717) is 17.9 Å². The molecule has 0 fully saturated rings. The molecule has 0 saturated heterocycles. The van der Waals surface area contributed by atoms with Gasteiger partial charge >= 0.3 is 6.18 Å². The van der Waals surface area contributed by atoms with Gasteiger partial charge in [0.25, 0.3) is 0 Å². The van der Waals surface area contributed by atoms with Gasteiger partial charge in [-0.05, 0) is 19.1 Å². The van der Waals surface area contributed by atoms with Gasteiger partial charge in [0, 0.05) is 0 Å². The molecular formula is C13H13F3N2OS. The number of hydrogen-bond acceptors (Lipinski definition) is 4. The lowest BCUT2D eigenvalue weighted by Gasteiger charge is -2.14. The zero-order valence-electron chi connectivity index (χ0n) is 10.6. The van der Waals surface area contributed by atoms with E-state index in [1.807, 2.05) is 37.3 Å². The third kappa shape index (κ3) is 4.12. The standard InChI is InChI=1S/C13H13F3N2OS/c1-9(19-10-5-3-2-4-6-10)7-17-12-18-8-11(20-12)13(14,15)16/h2-6,8-9H,7H2,1H3,(H,17,18). The molecule has 1 atom stereocenters. The van der Waals surface area contributed by atoms with E-state index < -0.39 is 11.1 Å². The van der Waals surface area contributed by atoms with E-state index in [0.717, 1.165) is 11.9 Å². The molecule has 0 aliphatic carbocycles. The van der Waals surface area contributed by atoms with Gasteiger partial charge in [-0.3, -0.25) is 0 Å². The highest BCUT2D eigenvalue weighted by Gasteiger charge is 2.33. The Morgan fingerprint density at radius 3 is 2.60 bits per heavy atom. The number of benzene rings is 1. The van der Waals surface area contributed by atoms with Gasteiger partial charge in [0.15, 0.2) is 5.13 Å². The summed E-state index contributed by atoms with van der Waals surface area (Å²) in [7, 11) is 0. The van der Waals surface area contributed by atoms with Crippen molar-refractivity contribution in [3.8, 4) is 5.75 Å². The Labute approximate surface area is 118 Å². The third-order valence-electron chi connectivity index (χ3n) is 2.41. The number of halogens is 3. The monoisotopic (exact) mass is 302 g/mol. The smallest absolute Gasteiger partial charge is 0.427 e. The average molecular weight is 302 g/mol. The Balaban J connectivity index is 1.84. The lowest BCUT2D eigenvalue weighted by molar-refractivity contribution is -0.134. The van der Waals surface area contributed by atoms with Gasteiger partial charge in [-0.1, -0.05) is 29.5 Å². The molecule has 1 aromatic carbocycles. The van der Waals surface area contributed by atoms with Gasteiger partial charge in [-0.15, -0.1) is 0 Å². The molecule has 0 aliphatic heterocycles. The number of anilines is 1. The summed E-state index contributed by atoms with van der Waals surface area (Å²) in [4.78, 5) is 2.98. The molecule has 20 heavy (non-hydrogen) atoms. The van der Waals surface area contributed by atoms with Crippen LogP contribution in [-0.4, -0.2) is 17.6 Å². The number of rotatable bonds is 5. The molecule has 0 saturated carbocycles. The van der Waals surface area contributed by atoms with Crippen LogP contribution in [0.2, 0.25) is 0 Å². The van der Waals surface area contributed by atoms with Crippen LogP contribution < -0.4 is 10.1 Å². The van der Waals surface area contributed by atoms with Crippen LogP contribution in [0.4, 0.5) is 18.3 Å². The van der Waals surface area contributed by atoms with Gasteiger partial charge in [0.2, 0.25) is 0 Å². The number of hydrogen-bond donors (Lipinski definition) is 1. The van der Waals surface area contributed by atoms with Crippen LogP contribution in [0.15, 0.2) is 36.5 Å². The fourth-order valence-corrected chi connectivity index (χ4v) is 2.18. The Hall–Kier alpha value is -1.76. The lowest BCUT2D eigenvalue weighted by Crippen LogP contribution is -2.22. The van der Waals surface area contributed by atoms with Crippen molar-refractivity contribution in [2.75, 3.05) is 11.9 Å². The molecule has 108 valence electrons. The molecule has 1 N–H and O–H groups in total. The van der Waals surface area contributed by atoms with Crippen molar-refractivity contribution in [3.05, 3.63) is 41.4 Å². The summed E-state index contributed by atoms with van der Waals surface area (Å²) < 4.78 is 42.8. The molecule has 0 spiro atoms. The first-order chi connectivity index (χ1) is 9.45. The number of ether oxygens (including phenoxy) is 1. The molecule has 1 unspecified atom stereocenters. The Morgan fingerprint density at radius 1 is 1.30 bits per heavy atom. The summed E-state index contributed by atoms with van der Waals surface area (Å²) in [5.74, 6) is 0.719. The molecule has 3 nitrogen and oxygen atoms in total. The zero-order chi connectivity index (χ0) is 14.6. The maximum atomic E-state index is 12.4. The predicted molar refractivity (Wildman–Crippen MR) is 72.1 cm³/mol. The second kappa shape index (κ2) is 6.13. The van der Waals surface area contributed by atoms with Gasteiger partial charge in [-0.25, -0.2) is 4.98 Å². The van der Waals surface area contributed by atoms with Crippen molar-refractivity contribution in [1.29, 1.82) is 0 Å². The van der Waals surface area contributed by atoms with Crippen molar-refractivity contribution >= 4 is 16.5 Å². The van der Waals surface area contributed by atoms with Gasteiger partial charge in [0.05, 0.1) is 12.7 Å². The maximum Gasteiger partial charge on any atom is 0.427 e.